The van der Waals surface area contributed by atoms with E-state index in [4.69, 9.17) is 10.7 Å². The molecule has 5 aromatic rings. The Kier molecular flexibility index (Phi) is 9.23. The summed E-state index contributed by atoms with van der Waals surface area (Å²) in [5.74, 6) is -0.260. The number of thioether (sulfide) groups is 1. The van der Waals surface area contributed by atoms with E-state index in [1.165, 1.54) is 26.8 Å². The van der Waals surface area contributed by atoms with Crippen LogP contribution in [0.2, 0.25) is 0 Å². The van der Waals surface area contributed by atoms with Crippen LogP contribution in [0.15, 0.2) is 99.7 Å². The largest absolute Gasteiger partial charge is 0.383 e. The number of nitrogen functional groups attached to an aromatic ring is 1. The fraction of sp³-hybridized carbons (Fsp3) is 0.250. The number of carbonyl (C=O) groups excluding carboxylic acids is 1. The van der Waals surface area contributed by atoms with Gasteiger partial charge in [0, 0.05) is 13.1 Å². The summed E-state index contributed by atoms with van der Waals surface area (Å²) >= 11 is 1.33. The van der Waals surface area contributed by atoms with Crippen LogP contribution in [0.4, 0.5) is 11.5 Å². The Labute approximate surface area is 248 Å². The first kappa shape index (κ1) is 28.9. The number of hydrogen-bond donors (Lipinski definition) is 2. The lowest BCUT2D eigenvalue weighted by Crippen LogP contribution is -2.42. The zero-order valence-corrected chi connectivity index (χ0v) is 24.3. The van der Waals surface area contributed by atoms with Crippen molar-refractivity contribution in [3.05, 3.63) is 117 Å². The minimum atomic E-state index is -0.675. The number of carbonyl (C=O) groups is 1. The number of benzene rings is 3. The standard InChI is InChI=1S/C32H34N6O3S/c1-2-3-19-37(28-29(33)38(31(41)35-30(28)40)21-24-14-8-5-9-15-24)27(39)22-42-32-34-25-16-10-11-17-26(25)36(32)20-18-23-12-6-4-7-13-23/h4-17H,2-3,18-22,33H2,1H3,(H,35,40,41). The summed E-state index contributed by atoms with van der Waals surface area (Å²) in [6.07, 6.45) is 2.30. The number of anilines is 2. The summed E-state index contributed by atoms with van der Waals surface area (Å²) < 4.78 is 3.44. The fourth-order valence-electron chi connectivity index (χ4n) is 4.91. The molecule has 10 heteroatoms. The second kappa shape index (κ2) is 13.4. The molecule has 0 fully saturated rings. The highest BCUT2D eigenvalue weighted by Crippen LogP contribution is 2.26. The van der Waals surface area contributed by atoms with E-state index in [2.05, 4.69) is 21.7 Å². The lowest BCUT2D eigenvalue weighted by Gasteiger charge is -2.24. The van der Waals surface area contributed by atoms with Gasteiger partial charge in [-0.25, -0.2) is 9.78 Å². The third kappa shape index (κ3) is 6.49. The molecular weight excluding hydrogens is 548 g/mol. The Bertz CT molecular complexity index is 1780. The SMILES string of the molecule is CCCCN(C(=O)CSc1nc2ccccc2n1CCc1ccccc1)c1c(N)n(Cc2ccccc2)c(=O)[nH]c1=O. The molecule has 0 atom stereocenters. The predicted molar refractivity (Wildman–Crippen MR) is 169 cm³/mol. The number of nitrogens with two attached hydrogens (primary N) is 1. The molecule has 1 amide bonds. The molecule has 0 unspecified atom stereocenters. The Hall–Kier alpha value is -4.57. The van der Waals surface area contributed by atoms with E-state index in [0.29, 0.717) is 19.5 Å². The quantitative estimate of drug-likeness (QED) is 0.206. The molecule has 0 spiro atoms. The Balaban J connectivity index is 1.42. The van der Waals surface area contributed by atoms with E-state index >= 15 is 0 Å². The van der Waals surface area contributed by atoms with Crippen molar-refractivity contribution < 1.29 is 4.79 Å². The van der Waals surface area contributed by atoms with Crippen LogP contribution in [-0.4, -0.2) is 37.3 Å². The van der Waals surface area contributed by atoms with Gasteiger partial charge < -0.3 is 15.2 Å². The Morgan fingerprint density at radius 3 is 2.31 bits per heavy atom. The van der Waals surface area contributed by atoms with Crippen LogP contribution in [0.5, 0.6) is 0 Å². The number of aromatic nitrogens is 4. The minimum Gasteiger partial charge on any atom is -0.383 e. The first-order chi connectivity index (χ1) is 20.5. The zero-order valence-electron chi connectivity index (χ0n) is 23.5. The summed E-state index contributed by atoms with van der Waals surface area (Å²) in [5, 5.41) is 0.729. The average molecular weight is 583 g/mol. The van der Waals surface area contributed by atoms with Gasteiger partial charge in [0.25, 0.3) is 5.56 Å². The van der Waals surface area contributed by atoms with Crippen LogP contribution in [0.3, 0.4) is 0 Å². The third-order valence-electron chi connectivity index (χ3n) is 7.12. The zero-order chi connectivity index (χ0) is 29.5. The van der Waals surface area contributed by atoms with E-state index in [0.717, 1.165) is 34.6 Å². The second-order valence-electron chi connectivity index (χ2n) is 10.0. The van der Waals surface area contributed by atoms with Crippen molar-refractivity contribution in [1.82, 2.24) is 19.1 Å². The molecule has 0 aliphatic heterocycles. The van der Waals surface area contributed by atoms with Crippen molar-refractivity contribution >= 4 is 40.2 Å². The number of aromatic amines is 1. The lowest BCUT2D eigenvalue weighted by molar-refractivity contribution is -0.116. The molecule has 0 saturated carbocycles. The van der Waals surface area contributed by atoms with E-state index in [9.17, 15) is 14.4 Å². The van der Waals surface area contributed by atoms with Crippen LogP contribution in [-0.2, 0) is 24.3 Å². The van der Waals surface area contributed by atoms with Gasteiger partial charge in [-0.3, -0.25) is 19.1 Å². The molecule has 2 heterocycles. The first-order valence-electron chi connectivity index (χ1n) is 14.0. The van der Waals surface area contributed by atoms with Crippen molar-refractivity contribution in [2.24, 2.45) is 0 Å². The molecule has 2 aromatic heterocycles. The number of amides is 1. The number of H-pyrrole nitrogens is 1. The average Bonchev–Trinajstić information content (AvgIpc) is 3.37. The number of imidazole rings is 1. The number of aryl methyl sites for hydroxylation is 2. The molecule has 9 nitrogen and oxygen atoms in total. The van der Waals surface area contributed by atoms with Crippen LogP contribution >= 0.6 is 11.8 Å². The van der Waals surface area contributed by atoms with Gasteiger partial charge in [0.15, 0.2) is 10.8 Å². The first-order valence-corrected chi connectivity index (χ1v) is 15.0. The maximum absolute atomic E-state index is 13.8. The molecule has 3 aromatic carbocycles. The number of rotatable bonds is 12. The van der Waals surface area contributed by atoms with E-state index in [-0.39, 0.29) is 29.7 Å². The third-order valence-corrected chi connectivity index (χ3v) is 8.08. The highest BCUT2D eigenvalue weighted by Gasteiger charge is 2.25. The van der Waals surface area contributed by atoms with Crippen molar-refractivity contribution in [2.75, 3.05) is 22.9 Å². The number of para-hydroxylation sites is 2. The van der Waals surface area contributed by atoms with Gasteiger partial charge in [0.1, 0.15) is 5.82 Å². The molecular formula is C32H34N6O3S. The van der Waals surface area contributed by atoms with Crippen LogP contribution < -0.4 is 21.9 Å². The number of fused-ring (bicyclic) bond motifs is 1. The molecule has 5 rings (SSSR count). The lowest BCUT2D eigenvalue weighted by atomic mass is 10.1. The smallest absolute Gasteiger partial charge is 0.330 e. The van der Waals surface area contributed by atoms with Crippen LogP contribution in [0, 0.1) is 0 Å². The monoisotopic (exact) mass is 582 g/mol. The summed E-state index contributed by atoms with van der Waals surface area (Å²) in [6, 6.07) is 27.5. The maximum atomic E-state index is 13.8. The number of hydrogen-bond acceptors (Lipinski definition) is 6. The normalized spacial score (nSPS) is 11.2. The molecule has 42 heavy (non-hydrogen) atoms. The van der Waals surface area contributed by atoms with E-state index in [1.54, 1.807) is 0 Å². The van der Waals surface area contributed by atoms with Gasteiger partial charge in [0.05, 0.1) is 23.3 Å². The summed E-state index contributed by atoms with van der Waals surface area (Å²) in [7, 11) is 0. The van der Waals surface area contributed by atoms with Gasteiger partial charge in [-0.2, -0.15) is 0 Å². The molecule has 0 saturated heterocycles. The highest BCUT2D eigenvalue weighted by atomic mass is 32.2. The minimum absolute atomic E-state index is 0.00200. The van der Waals surface area contributed by atoms with Crippen molar-refractivity contribution in [1.29, 1.82) is 0 Å². The maximum Gasteiger partial charge on any atom is 0.330 e. The molecule has 0 bridgehead atoms. The second-order valence-corrected chi connectivity index (χ2v) is 11.0. The summed E-state index contributed by atoms with van der Waals surface area (Å²) in [5.41, 5.74) is 9.08. The van der Waals surface area contributed by atoms with Crippen LogP contribution in [0.1, 0.15) is 30.9 Å². The Morgan fingerprint density at radius 2 is 1.60 bits per heavy atom. The van der Waals surface area contributed by atoms with E-state index < -0.39 is 11.2 Å². The molecule has 0 aliphatic carbocycles. The molecule has 0 aliphatic rings. The van der Waals surface area contributed by atoms with Gasteiger partial charge in [-0.05, 0) is 36.1 Å². The fourth-order valence-corrected chi connectivity index (χ4v) is 5.82. The van der Waals surface area contributed by atoms with Crippen molar-refractivity contribution in [2.45, 2.75) is 44.4 Å². The number of unbranched alkanes of at least 4 members (excludes halogenated alkanes) is 1. The van der Waals surface area contributed by atoms with E-state index in [1.807, 2.05) is 79.7 Å². The predicted octanol–water partition coefficient (Wildman–Crippen LogP) is 4.68. The van der Waals surface area contributed by atoms with Crippen LogP contribution in [0.25, 0.3) is 11.0 Å². The molecule has 3 N–H and O–H groups in total. The Morgan fingerprint density at radius 1 is 0.929 bits per heavy atom. The molecule has 0 radical (unpaired) electrons. The summed E-state index contributed by atoms with van der Waals surface area (Å²) in [6.45, 7) is 3.19. The number of nitrogens with zero attached hydrogens (tertiary/aromatic N) is 4. The van der Waals surface area contributed by atoms with Gasteiger partial charge in [-0.15, -0.1) is 0 Å². The van der Waals surface area contributed by atoms with Gasteiger partial charge in [-0.1, -0.05) is 97.9 Å². The topological polar surface area (TPSA) is 119 Å². The van der Waals surface area contributed by atoms with Crippen molar-refractivity contribution in [3.63, 3.8) is 0 Å². The summed E-state index contributed by atoms with van der Waals surface area (Å²) in [4.78, 5) is 48.2. The van der Waals surface area contributed by atoms with Gasteiger partial charge in [0.2, 0.25) is 5.91 Å². The van der Waals surface area contributed by atoms with Gasteiger partial charge >= 0.3 is 5.69 Å². The highest BCUT2D eigenvalue weighted by molar-refractivity contribution is 7.99. The number of nitrogens with one attached hydrogen (secondary N) is 1. The molecule has 216 valence electrons. The van der Waals surface area contributed by atoms with Crippen molar-refractivity contribution in [3.8, 4) is 0 Å².